The fourth-order valence-electron chi connectivity index (χ4n) is 4.16. The zero-order valence-electron chi connectivity index (χ0n) is 19.4. The molecule has 1 aliphatic rings. The van der Waals surface area contributed by atoms with Crippen LogP contribution >= 0.6 is 0 Å². The molecule has 0 radical (unpaired) electrons. The summed E-state index contributed by atoms with van der Waals surface area (Å²) in [6.07, 6.45) is 0.441. The summed E-state index contributed by atoms with van der Waals surface area (Å²) in [5.41, 5.74) is 4.65. The maximum absolute atomic E-state index is 12.6. The Hall–Kier alpha value is -4.18. The summed E-state index contributed by atoms with van der Waals surface area (Å²) in [6.45, 7) is 0.137. The number of nitrogens with one attached hydrogen (secondary N) is 2. The van der Waals surface area contributed by atoms with Crippen LogP contribution in [0, 0.1) is 0 Å². The fourth-order valence-corrected chi connectivity index (χ4v) is 4.16. The van der Waals surface area contributed by atoms with Crippen LogP contribution in [0.4, 0.5) is 4.79 Å². The molecule has 10 nitrogen and oxygen atoms in total. The maximum Gasteiger partial charge on any atom is 0.407 e. The van der Waals surface area contributed by atoms with Crippen LogP contribution in [-0.4, -0.2) is 66.4 Å². The van der Waals surface area contributed by atoms with E-state index in [1.807, 2.05) is 36.4 Å². The van der Waals surface area contributed by atoms with Gasteiger partial charge in [-0.15, -0.1) is 0 Å². The molecule has 1 aromatic heterocycles. The van der Waals surface area contributed by atoms with E-state index < -0.39 is 24.0 Å². The van der Waals surface area contributed by atoms with E-state index in [9.17, 15) is 19.5 Å². The number of hydrogen-bond acceptors (Lipinski definition) is 7. The van der Waals surface area contributed by atoms with Crippen LogP contribution in [0.15, 0.2) is 59.3 Å². The molecule has 0 aliphatic heterocycles. The van der Waals surface area contributed by atoms with Gasteiger partial charge in [0, 0.05) is 12.5 Å². The highest BCUT2D eigenvalue weighted by atomic mass is 16.5. The summed E-state index contributed by atoms with van der Waals surface area (Å²) in [5, 5.41) is 18.1. The molecule has 1 aliphatic carbocycles. The molecule has 3 N–H and O–H groups in total. The number of alkyl carbamates (subject to hydrolysis) is 1. The Kier molecular flexibility index (Phi) is 7.11. The van der Waals surface area contributed by atoms with Crippen molar-refractivity contribution in [2.24, 2.45) is 0 Å². The van der Waals surface area contributed by atoms with E-state index in [0.717, 1.165) is 28.5 Å². The third kappa shape index (κ3) is 5.33. The molecule has 0 saturated carbocycles. The number of aromatic nitrogens is 1. The zero-order valence-corrected chi connectivity index (χ0v) is 19.4. The number of carboxylic acids is 1. The van der Waals surface area contributed by atoms with Crippen LogP contribution < -0.4 is 10.6 Å². The number of carbonyl (C=O) groups excluding carboxylic acids is 2. The number of hydrogen-bond donors (Lipinski definition) is 3. The van der Waals surface area contributed by atoms with Crippen LogP contribution in [0.3, 0.4) is 0 Å². The third-order valence-electron chi connectivity index (χ3n) is 5.78. The summed E-state index contributed by atoms with van der Waals surface area (Å²) >= 11 is 0. The minimum atomic E-state index is -1.16. The Labute approximate surface area is 201 Å². The fraction of sp³-hybridized carbons (Fsp3) is 0.280. The first-order chi connectivity index (χ1) is 16.8. The average molecular weight is 479 g/mol. The van der Waals surface area contributed by atoms with E-state index in [4.69, 9.17) is 9.26 Å². The summed E-state index contributed by atoms with van der Waals surface area (Å²) in [7, 11) is 3.40. The number of rotatable bonds is 9. The van der Waals surface area contributed by atoms with Gasteiger partial charge in [-0.3, -0.25) is 4.79 Å². The van der Waals surface area contributed by atoms with Crippen molar-refractivity contribution in [3.8, 4) is 11.1 Å². The molecule has 0 fully saturated rings. The Morgan fingerprint density at radius 3 is 2.31 bits per heavy atom. The first kappa shape index (κ1) is 24.0. The van der Waals surface area contributed by atoms with Crippen LogP contribution in [0.5, 0.6) is 0 Å². The van der Waals surface area contributed by atoms with Crippen LogP contribution in [0.25, 0.3) is 11.1 Å². The second kappa shape index (κ2) is 10.4. The predicted octanol–water partition coefficient (Wildman–Crippen LogP) is 2.46. The lowest BCUT2D eigenvalue weighted by molar-refractivity contribution is -0.139. The highest BCUT2D eigenvalue weighted by Gasteiger charge is 2.29. The lowest BCUT2D eigenvalue weighted by Crippen LogP contribution is -2.47. The van der Waals surface area contributed by atoms with Crippen molar-refractivity contribution < 1.29 is 28.8 Å². The van der Waals surface area contributed by atoms with Gasteiger partial charge in [0.25, 0.3) is 5.91 Å². The molecular formula is C25H26N4O6. The van der Waals surface area contributed by atoms with Gasteiger partial charge >= 0.3 is 12.1 Å². The molecule has 1 heterocycles. The number of carbonyl (C=O) groups is 3. The molecule has 3 aromatic rings. The van der Waals surface area contributed by atoms with Crippen molar-refractivity contribution in [3.63, 3.8) is 0 Å². The van der Waals surface area contributed by atoms with E-state index in [1.165, 1.54) is 0 Å². The lowest BCUT2D eigenvalue weighted by Gasteiger charge is -2.18. The zero-order chi connectivity index (χ0) is 24.9. The van der Waals surface area contributed by atoms with Crippen LogP contribution in [0.1, 0.15) is 33.1 Å². The Morgan fingerprint density at radius 1 is 1.09 bits per heavy atom. The largest absolute Gasteiger partial charge is 0.480 e. The molecule has 0 spiro atoms. The molecule has 0 bridgehead atoms. The van der Waals surface area contributed by atoms with Crippen LogP contribution in [-0.2, 0) is 16.1 Å². The van der Waals surface area contributed by atoms with E-state index in [-0.39, 0.29) is 36.9 Å². The van der Waals surface area contributed by atoms with Crippen molar-refractivity contribution in [3.05, 3.63) is 77.2 Å². The highest BCUT2D eigenvalue weighted by molar-refractivity contribution is 5.97. The van der Waals surface area contributed by atoms with Gasteiger partial charge in [-0.2, -0.15) is 0 Å². The van der Waals surface area contributed by atoms with Crippen molar-refractivity contribution in [2.45, 2.75) is 18.5 Å². The first-order valence-electron chi connectivity index (χ1n) is 11.1. The molecule has 1 unspecified atom stereocenters. The normalized spacial score (nSPS) is 13.1. The summed E-state index contributed by atoms with van der Waals surface area (Å²) in [4.78, 5) is 38.0. The monoisotopic (exact) mass is 478 g/mol. The predicted molar refractivity (Wildman–Crippen MR) is 126 cm³/mol. The Balaban J connectivity index is 1.35. The van der Waals surface area contributed by atoms with Gasteiger partial charge in [-0.05, 0) is 36.3 Å². The molecule has 2 amide bonds. The molecule has 35 heavy (non-hydrogen) atoms. The van der Waals surface area contributed by atoms with Crippen molar-refractivity contribution >= 4 is 18.0 Å². The van der Waals surface area contributed by atoms with Crippen molar-refractivity contribution in [1.82, 2.24) is 20.7 Å². The highest BCUT2D eigenvalue weighted by Crippen LogP contribution is 2.44. The van der Waals surface area contributed by atoms with Gasteiger partial charge in [0.2, 0.25) is 0 Å². The molecule has 182 valence electrons. The molecule has 1 atom stereocenters. The van der Waals surface area contributed by atoms with Gasteiger partial charge < -0.3 is 29.9 Å². The average Bonchev–Trinajstić information content (AvgIpc) is 3.43. The first-order valence-corrected chi connectivity index (χ1v) is 11.1. The van der Waals surface area contributed by atoms with E-state index >= 15 is 0 Å². The second-order valence-electron chi connectivity index (χ2n) is 8.48. The number of ether oxygens (including phenoxy) is 1. The standard InChI is InChI=1S/C25H26N4O6/c1-29(2)12-22(24(31)32)27-23(30)20-14-35-28-21(20)11-26-25(33)34-13-19-17-9-5-3-7-15(17)16-8-4-6-10-18(16)19/h3-10,14,19,22H,11-13H2,1-2H3,(H,26,33)(H,27,30)(H,31,32). The number of amides is 2. The smallest absolute Gasteiger partial charge is 0.407 e. The van der Waals surface area contributed by atoms with Gasteiger partial charge in [-0.25, -0.2) is 9.59 Å². The summed E-state index contributed by atoms with van der Waals surface area (Å²) in [6, 6.07) is 14.9. The summed E-state index contributed by atoms with van der Waals surface area (Å²) in [5.74, 6) is -1.90. The van der Waals surface area contributed by atoms with E-state index in [2.05, 4.69) is 27.9 Å². The number of aliphatic carboxylic acids is 1. The maximum atomic E-state index is 12.6. The van der Waals surface area contributed by atoms with Gasteiger partial charge in [0.15, 0.2) is 0 Å². The number of fused-ring (bicyclic) bond motifs is 3. The number of nitrogens with zero attached hydrogens (tertiary/aromatic N) is 2. The molecular weight excluding hydrogens is 452 g/mol. The van der Waals surface area contributed by atoms with Gasteiger partial charge in [-0.1, -0.05) is 53.7 Å². The molecule has 2 aromatic carbocycles. The third-order valence-corrected chi connectivity index (χ3v) is 5.78. The Morgan fingerprint density at radius 2 is 1.71 bits per heavy atom. The SMILES string of the molecule is CN(C)CC(NC(=O)c1conc1CNC(=O)OCC1c2ccccc2-c2ccccc21)C(=O)O. The van der Waals surface area contributed by atoms with E-state index in [0.29, 0.717) is 0 Å². The number of benzene rings is 2. The Bertz CT molecular complexity index is 1190. The number of likely N-dealkylation sites (N-methyl/N-ethyl adjacent to an activating group) is 1. The number of carboxylic acid groups (broad SMARTS) is 1. The second-order valence-corrected chi connectivity index (χ2v) is 8.48. The molecule has 10 heteroatoms. The van der Waals surface area contributed by atoms with Crippen LogP contribution in [0.2, 0.25) is 0 Å². The minimum absolute atomic E-state index is 0.0361. The topological polar surface area (TPSA) is 134 Å². The minimum Gasteiger partial charge on any atom is -0.480 e. The lowest BCUT2D eigenvalue weighted by atomic mass is 9.98. The van der Waals surface area contributed by atoms with Gasteiger partial charge in [0.1, 0.15) is 30.2 Å². The van der Waals surface area contributed by atoms with Crippen molar-refractivity contribution in [2.75, 3.05) is 27.2 Å². The molecule has 4 rings (SSSR count). The quantitative estimate of drug-likeness (QED) is 0.427. The summed E-state index contributed by atoms with van der Waals surface area (Å²) < 4.78 is 10.4. The van der Waals surface area contributed by atoms with Gasteiger partial charge in [0.05, 0.1) is 6.54 Å². The van der Waals surface area contributed by atoms with E-state index in [1.54, 1.807) is 19.0 Å². The molecule has 0 saturated heterocycles. The van der Waals surface area contributed by atoms with Crippen molar-refractivity contribution in [1.29, 1.82) is 0 Å².